The Balaban J connectivity index is 2.32. The molecule has 0 bridgehead atoms. The highest BCUT2D eigenvalue weighted by atomic mass is 35.5. The van der Waals surface area contributed by atoms with Crippen LogP contribution in [0.25, 0.3) is 0 Å². The maximum absolute atomic E-state index is 10.9. The van der Waals surface area contributed by atoms with E-state index in [-0.39, 0.29) is 28.0 Å². The number of nitrogens with zero attached hydrogens (tertiary/aromatic N) is 3. The van der Waals surface area contributed by atoms with Gasteiger partial charge in [-0.1, -0.05) is 24.4 Å². The average molecular weight is 277 g/mol. The molecule has 1 aromatic rings. The molecule has 1 saturated carbocycles. The molecule has 17 heavy (non-hydrogen) atoms. The van der Waals surface area contributed by atoms with Crippen LogP contribution in [0, 0.1) is 10.1 Å². The summed E-state index contributed by atoms with van der Waals surface area (Å²) in [5.41, 5.74) is -0.317. The van der Waals surface area contributed by atoms with Crippen molar-refractivity contribution in [3.8, 4) is 0 Å². The summed E-state index contributed by atoms with van der Waals surface area (Å²) >= 11 is 11.3. The Morgan fingerprint density at radius 1 is 1.29 bits per heavy atom. The number of nitro groups is 1. The molecule has 6 nitrogen and oxygen atoms in total. The molecule has 2 rings (SSSR count). The van der Waals surface area contributed by atoms with Crippen molar-refractivity contribution in [3.05, 3.63) is 20.6 Å². The topological polar surface area (TPSA) is 81.0 Å². The second-order valence-electron chi connectivity index (χ2n) is 3.86. The highest BCUT2D eigenvalue weighted by molar-refractivity contribution is 6.33. The number of rotatable bonds is 3. The van der Waals surface area contributed by atoms with Gasteiger partial charge in [0.15, 0.2) is 0 Å². The molecule has 1 aliphatic carbocycles. The lowest BCUT2D eigenvalue weighted by Crippen LogP contribution is -2.17. The fraction of sp³-hybridized carbons (Fsp3) is 0.556. The SMILES string of the molecule is O=[N+]([O-])c1c(Cl)nc(Cl)nc1NC1CCCC1. The lowest BCUT2D eigenvalue weighted by molar-refractivity contribution is -0.384. The van der Waals surface area contributed by atoms with Crippen LogP contribution in [0.4, 0.5) is 11.5 Å². The zero-order valence-corrected chi connectivity index (χ0v) is 10.3. The number of hydrogen-bond donors (Lipinski definition) is 1. The minimum atomic E-state index is -0.601. The standard InChI is InChI=1S/C9H10Cl2N4O2/c10-7-6(15(16)17)8(14-9(11)13-7)12-5-3-1-2-4-5/h5H,1-4H2,(H,12,13,14). The Bertz CT molecular complexity index is 449. The molecular weight excluding hydrogens is 267 g/mol. The molecule has 0 unspecified atom stereocenters. The predicted molar refractivity (Wildman–Crippen MR) is 64.6 cm³/mol. The van der Waals surface area contributed by atoms with E-state index in [9.17, 15) is 10.1 Å². The zero-order valence-electron chi connectivity index (χ0n) is 8.82. The Labute approximate surface area is 107 Å². The molecule has 1 fully saturated rings. The molecule has 0 aliphatic heterocycles. The molecule has 1 heterocycles. The van der Waals surface area contributed by atoms with Crippen LogP contribution < -0.4 is 5.32 Å². The van der Waals surface area contributed by atoms with Crippen LogP contribution in [-0.2, 0) is 0 Å². The summed E-state index contributed by atoms with van der Waals surface area (Å²) in [5.74, 6) is 0.104. The molecule has 0 spiro atoms. The number of halogens is 2. The van der Waals surface area contributed by atoms with Gasteiger partial charge in [0.2, 0.25) is 16.3 Å². The molecule has 0 atom stereocenters. The highest BCUT2D eigenvalue weighted by Crippen LogP contribution is 2.32. The van der Waals surface area contributed by atoms with Crippen LogP contribution in [0.3, 0.4) is 0 Å². The first-order valence-electron chi connectivity index (χ1n) is 5.22. The largest absolute Gasteiger partial charge is 0.361 e. The van der Waals surface area contributed by atoms with Crippen molar-refractivity contribution in [1.82, 2.24) is 9.97 Å². The normalized spacial score (nSPS) is 16.1. The van der Waals surface area contributed by atoms with Gasteiger partial charge >= 0.3 is 5.69 Å². The Morgan fingerprint density at radius 3 is 2.53 bits per heavy atom. The minimum absolute atomic E-state index is 0.0962. The summed E-state index contributed by atoms with van der Waals surface area (Å²) < 4.78 is 0. The van der Waals surface area contributed by atoms with Crippen molar-refractivity contribution in [1.29, 1.82) is 0 Å². The van der Waals surface area contributed by atoms with Gasteiger partial charge in [0.05, 0.1) is 4.92 Å². The smallest absolute Gasteiger partial charge is 0.348 e. The van der Waals surface area contributed by atoms with Crippen molar-refractivity contribution in [2.75, 3.05) is 5.32 Å². The summed E-state index contributed by atoms with van der Waals surface area (Å²) in [4.78, 5) is 17.7. The molecule has 1 aliphatic rings. The van der Waals surface area contributed by atoms with Gasteiger partial charge in [0.25, 0.3) is 0 Å². The third kappa shape index (κ3) is 2.76. The first-order chi connectivity index (χ1) is 8.08. The number of aromatic nitrogens is 2. The summed E-state index contributed by atoms with van der Waals surface area (Å²) in [6.45, 7) is 0. The number of nitrogens with one attached hydrogen (secondary N) is 1. The second-order valence-corrected chi connectivity index (χ2v) is 4.56. The van der Waals surface area contributed by atoms with Crippen molar-refractivity contribution in [2.45, 2.75) is 31.7 Å². The molecule has 0 radical (unpaired) electrons. The molecule has 92 valence electrons. The van der Waals surface area contributed by atoms with Gasteiger partial charge < -0.3 is 5.32 Å². The Hall–Kier alpha value is -1.14. The van der Waals surface area contributed by atoms with Gasteiger partial charge in [-0.2, -0.15) is 9.97 Å². The van der Waals surface area contributed by atoms with Crippen LogP contribution in [0.2, 0.25) is 10.4 Å². The van der Waals surface area contributed by atoms with E-state index in [4.69, 9.17) is 23.2 Å². The van der Waals surface area contributed by atoms with Crippen LogP contribution in [0.1, 0.15) is 25.7 Å². The van der Waals surface area contributed by atoms with E-state index in [1.807, 2.05) is 0 Å². The van der Waals surface area contributed by atoms with E-state index in [0.717, 1.165) is 25.7 Å². The van der Waals surface area contributed by atoms with E-state index in [1.54, 1.807) is 0 Å². The van der Waals surface area contributed by atoms with E-state index >= 15 is 0 Å². The van der Waals surface area contributed by atoms with Gasteiger partial charge in [-0.15, -0.1) is 0 Å². The second kappa shape index (κ2) is 5.01. The minimum Gasteiger partial charge on any atom is -0.361 e. The molecule has 8 heteroatoms. The monoisotopic (exact) mass is 276 g/mol. The molecule has 1 N–H and O–H groups in total. The summed E-state index contributed by atoms with van der Waals surface area (Å²) in [5, 5.41) is 13.6. The third-order valence-electron chi connectivity index (χ3n) is 2.69. The predicted octanol–water partition coefficient (Wildman–Crippen LogP) is 3.05. The fourth-order valence-electron chi connectivity index (χ4n) is 1.93. The van der Waals surface area contributed by atoms with Crippen molar-refractivity contribution in [2.24, 2.45) is 0 Å². The van der Waals surface area contributed by atoms with Gasteiger partial charge in [-0.05, 0) is 24.4 Å². The van der Waals surface area contributed by atoms with Crippen LogP contribution >= 0.6 is 23.2 Å². The molecule has 0 amide bonds. The lowest BCUT2D eigenvalue weighted by Gasteiger charge is -2.12. The van der Waals surface area contributed by atoms with E-state index in [2.05, 4.69) is 15.3 Å². The first kappa shape index (κ1) is 12.3. The van der Waals surface area contributed by atoms with Gasteiger partial charge in [0, 0.05) is 6.04 Å². The van der Waals surface area contributed by atoms with Crippen molar-refractivity contribution in [3.63, 3.8) is 0 Å². The molecule has 0 saturated heterocycles. The Kier molecular flexibility index (Phi) is 3.63. The van der Waals surface area contributed by atoms with Gasteiger partial charge in [-0.25, -0.2) is 0 Å². The molecule has 1 aromatic heterocycles. The summed E-state index contributed by atoms with van der Waals surface area (Å²) in [6, 6.07) is 0.190. The first-order valence-corrected chi connectivity index (χ1v) is 5.97. The summed E-state index contributed by atoms with van der Waals surface area (Å²) in [7, 11) is 0. The van der Waals surface area contributed by atoms with E-state index in [0.29, 0.717) is 0 Å². The van der Waals surface area contributed by atoms with Crippen LogP contribution in [0.5, 0.6) is 0 Å². The maximum Gasteiger partial charge on any atom is 0.348 e. The Morgan fingerprint density at radius 2 is 1.94 bits per heavy atom. The van der Waals surface area contributed by atoms with Gasteiger partial charge in [-0.3, -0.25) is 10.1 Å². The average Bonchev–Trinajstić information content (AvgIpc) is 2.68. The third-order valence-corrected chi connectivity index (χ3v) is 3.13. The lowest BCUT2D eigenvalue weighted by atomic mass is 10.2. The van der Waals surface area contributed by atoms with Crippen molar-refractivity contribution < 1.29 is 4.92 Å². The molecular formula is C9H10Cl2N4O2. The highest BCUT2D eigenvalue weighted by Gasteiger charge is 2.26. The zero-order chi connectivity index (χ0) is 12.4. The fourth-order valence-corrected chi connectivity index (χ4v) is 2.38. The van der Waals surface area contributed by atoms with Crippen LogP contribution in [-0.4, -0.2) is 20.9 Å². The quantitative estimate of drug-likeness (QED) is 0.397. The summed E-state index contributed by atoms with van der Waals surface area (Å²) in [6.07, 6.45) is 4.16. The maximum atomic E-state index is 10.9. The molecule has 0 aromatic carbocycles. The van der Waals surface area contributed by atoms with E-state index < -0.39 is 4.92 Å². The number of hydrogen-bond acceptors (Lipinski definition) is 5. The van der Waals surface area contributed by atoms with Crippen LogP contribution in [0.15, 0.2) is 0 Å². The van der Waals surface area contributed by atoms with Crippen molar-refractivity contribution >= 4 is 34.7 Å². The van der Waals surface area contributed by atoms with E-state index in [1.165, 1.54) is 0 Å². The van der Waals surface area contributed by atoms with Gasteiger partial charge in [0.1, 0.15) is 0 Å². The number of anilines is 1.